The molecule has 2 N–H and O–H groups in total. The van der Waals surface area contributed by atoms with Crippen LogP contribution in [0.3, 0.4) is 0 Å². The molecule has 7 nitrogen and oxygen atoms in total. The van der Waals surface area contributed by atoms with Crippen LogP contribution in [-0.2, 0) is 25.0 Å². The van der Waals surface area contributed by atoms with E-state index in [2.05, 4.69) is 0 Å². The number of ether oxygens (including phenoxy) is 1. The maximum absolute atomic E-state index is 10.7. The van der Waals surface area contributed by atoms with Crippen LogP contribution in [-0.4, -0.2) is 79.7 Å². The van der Waals surface area contributed by atoms with Crippen molar-refractivity contribution in [3.8, 4) is 0 Å². The van der Waals surface area contributed by atoms with Crippen LogP contribution in [0, 0.1) is 0 Å². The Kier molecular flexibility index (Phi) is 12.2. The van der Waals surface area contributed by atoms with Crippen LogP contribution in [0.5, 0.6) is 0 Å². The Bertz CT molecular complexity index is 384. The van der Waals surface area contributed by atoms with Crippen molar-refractivity contribution in [2.45, 2.75) is 38.7 Å². The predicted molar refractivity (Wildman–Crippen MR) is 73.9 cm³/mol. The van der Waals surface area contributed by atoms with E-state index in [0.29, 0.717) is 6.42 Å². The molecule has 0 bridgehead atoms. The van der Waals surface area contributed by atoms with Gasteiger partial charge in [0.2, 0.25) is 0 Å². The zero-order valence-corrected chi connectivity index (χ0v) is 11.9. The van der Waals surface area contributed by atoms with Gasteiger partial charge in [-0.05, 0) is 6.42 Å². The first-order valence-corrected chi connectivity index (χ1v) is 8.88. The Labute approximate surface area is 136 Å². The molecule has 0 unspecified atom stereocenters. The molecule has 0 saturated heterocycles. The van der Waals surface area contributed by atoms with Gasteiger partial charge in [-0.3, -0.25) is 9.11 Å². The van der Waals surface area contributed by atoms with Crippen molar-refractivity contribution in [3.63, 3.8) is 0 Å². The second kappa shape index (κ2) is 10.5. The molecule has 0 spiro atoms. The summed E-state index contributed by atoms with van der Waals surface area (Å²) in [5.74, 6) is -1.69. The number of rotatable bonds is 10. The van der Waals surface area contributed by atoms with E-state index in [4.69, 9.17) is 13.8 Å². The molecule has 0 rings (SSSR count). The van der Waals surface area contributed by atoms with E-state index >= 15 is 0 Å². The minimum atomic E-state index is -4.34. The zero-order valence-electron chi connectivity index (χ0n) is 10.3. The third-order valence-electron chi connectivity index (χ3n) is 2.14. The van der Waals surface area contributed by atoms with E-state index in [1.165, 1.54) is 0 Å². The molecule has 10 heteroatoms. The molecule has 0 aromatic rings. The first kappa shape index (κ1) is 22.1. The molecule has 0 fully saturated rings. The second-order valence-electron chi connectivity index (χ2n) is 4.05. The summed E-state index contributed by atoms with van der Waals surface area (Å²) in [6.07, 6.45) is 2.34. The summed E-state index contributed by atoms with van der Waals surface area (Å²) in [5.41, 5.74) is 0. The van der Waals surface area contributed by atoms with Gasteiger partial charge in [0.1, 0.15) is 11.5 Å². The summed E-state index contributed by atoms with van der Waals surface area (Å²) in [6, 6.07) is 0. The summed E-state index contributed by atoms with van der Waals surface area (Å²) in [5, 5.41) is 0. The molecule has 0 aromatic carbocycles. The Morgan fingerprint density at radius 1 is 0.947 bits per heavy atom. The van der Waals surface area contributed by atoms with Crippen LogP contribution in [0.1, 0.15) is 32.6 Å². The van der Waals surface area contributed by atoms with Crippen LogP contribution in [0.2, 0.25) is 0 Å². The molecular weight excluding hydrogens is 307 g/mol. The average molecular weight is 328 g/mol. The Balaban J connectivity index is 0. The van der Waals surface area contributed by atoms with Crippen LogP contribution < -0.4 is 0 Å². The fourth-order valence-electron chi connectivity index (χ4n) is 1.39. The van der Waals surface area contributed by atoms with Crippen LogP contribution in [0.25, 0.3) is 0 Å². The quantitative estimate of drug-likeness (QED) is 0.331. The van der Waals surface area contributed by atoms with Crippen molar-refractivity contribution >= 4 is 49.8 Å². The van der Waals surface area contributed by atoms with E-state index in [1.54, 1.807) is 0 Å². The third kappa shape index (κ3) is 16.7. The summed E-state index contributed by atoms with van der Waals surface area (Å²) in [6.45, 7) is 2.22. The third-order valence-corrected chi connectivity index (χ3v) is 3.73. The standard InChI is InChI=1S/C9H20O7S2.Na.H/c1-2-3-4-5-6-16-9(7-17(10,11)12)8-18(13,14)15;;/h9H,2-8H2,1H3,(H,10,11,12)(H,13,14,15);;. The Morgan fingerprint density at radius 3 is 1.79 bits per heavy atom. The van der Waals surface area contributed by atoms with Gasteiger partial charge in [0.25, 0.3) is 20.2 Å². The molecule has 112 valence electrons. The average Bonchev–Trinajstić information content (AvgIpc) is 2.12. The van der Waals surface area contributed by atoms with Gasteiger partial charge >= 0.3 is 29.6 Å². The van der Waals surface area contributed by atoms with E-state index in [0.717, 1.165) is 19.3 Å². The van der Waals surface area contributed by atoms with Crippen molar-refractivity contribution in [2.24, 2.45) is 0 Å². The van der Waals surface area contributed by atoms with Crippen molar-refractivity contribution < 1.29 is 30.7 Å². The SMILES string of the molecule is CCCCCCOC(CS(=O)(=O)O)CS(=O)(=O)O.[NaH]. The molecular formula is C9H21NaO7S2. The molecule has 0 amide bonds. The van der Waals surface area contributed by atoms with Crippen molar-refractivity contribution in [3.05, 3.63) is 0 Å². The molecule has 0 aliphatic heterocycles. The monoisotopic (exact) mass is 328 g/mol. The van der Waals surface area contributed by atoms with E-state index < -0.39 is 37.8 Å². The summed E-state index contributed by atoms with van der Waals surface area (Å²) in [4.78, 5) is 0. The van der Waals surface area contributed by atoms with Crippen LogP contribution >= 0.6 is 0 Å². The second-order valence-corrected chi connectivity index (χ2v) is 7.04. The Hall–Kier alpha value is 0.780. The van der Waals surface area contributed by atoms with Gasteiger partial charge in [0.05, 0.1) is 6.10 Å². The topological polar surface area (TPSA) is 118 Å². The molecule has 0 heterocycles. The van der Waals surface area contributed by atoms with Crippen LogP contribution in [0.15, 0.2) is 0 Å². The van der Waals surface area contributed by atoms with Gasteiger partial charge in [-0.15, -0.1) is 0 Å². The molecule has 0 aliphatic carbocycles. The Morgan fingerprint density at radius 2 is 1.42 bits per heavy atom. The van der Waals surface area contributed by atoms with Crippen molar-refractivity contribution in [1.82, 2.24) is 0 Å². The van der Waals surface area contributed by atoms with Gasteiger partial charge < -0.3 is 4.74 Å². The number of hydrogen-bond donors (Lipinski definition) is 2. The van der Waals surface area contributed by atoms with Crippen LogP contribution in [0.4, 0.5) is 0 Å². The molecule has 0 aliphatic rings. The van der Waals surface area contributed by atoms with E-state index in [9.17, 15) is 16.8 Å². The first-order valence-electron chi connectivity index (χ1n) is 5.66. The summed E-state index contributed by atoms with van der Waals surface area (Å²) in [7, 11) is -8.69. The number of unbranched alkanes of at least 4 members (excludes halogenated alkanes) is 3. The molecule has 0 saturated carbocycles. The van der Waals surface area contributed by atoms with Gasteiger partial charge in [-0.2, -0.15) is 16.8 Å². The number of hydrogen-bond acceptors (Lipinski definition) is 5. The minimum absolute atomic E-state index is 0. The van der Waals surface area contributed by atoms with E-state index in [-0.39, 0.29) is 36.2 Å². The molecule has 0 atom stereocenters. The molecule has 19 heavy (non-hydrogen) atoms. The zero-order chi connectivity index (χ0) is 14.2. The molecule has 0 aromatic heterocycles. The van der Waals surface area contributed by atoms with E-state index in [1.807, 2.05) is 6.92 Å². The van der Waals surface area contributed by atoms with Gasteiger partial charge in [-0.1, -0.05) is 26.2 Å². The van der Waals surface area contributed by atoms with Crippen molar-refractivity contribution in [1.29, 1.82) is 0 Å². The normalized spacial score (nSPS) is 12.4. The van der Waals surface area contributed by atoms with Gasteiger partial charge in [0, 0.05) is 6.61 Å². The first-order chi connectivity index (χ1) is 8.14. The fourth-order valence-corrected chi connectivity index (χ4v) is 2.91. The maximum atomic E-state index is 10.7. The predicted octanol–water partition coefficient (Wildman–Crippen LogP) is 0.0790. The summed E-state index contributed by atoms with van der Waals surface area (Å²) >= 11 is 0. The van der Waals surface area contributed by atoms with Gasteiger partial charge in [-0.25, -0.2) is 0 Å². The van der Waals surface area contributed by atoms with Crippen molar-refractivity contribution in [2.75, 3.05) is 18.1 Å². The summed E-state index contributed by atoms with van der Waals surface area (Å²) < 4.78 is 65.0. The molecule has 0 radical (unpaired) electrons. The fraction of sp³-hybridized carbons (Fsp3) is 1.00. The van der Waals surface area contributed by atoms with Gasteiger partial charge in [0.15, 0.2) is 0 Å².